The van der Waals surface area contributed by atoms with Gasteiger partial charge in [0.15, 0.2) is 0 Å². The van der Waals surface area contributed by atoms with Crippen molar-refractivity contribution in [3.63, 3.8) is 0 Å². The monoisotopic (exact) mass is 237 g/mol. The molecule has 17 heavy (non-hydrogen) atoms. The lowest BCUT2D eigenvalue weighted by atomic mass is 9.94. The molecule has 0 aliphatic carbocycles. The van der Waals surface area contributed by atoms with Crippen molar-refractivity contribution in [3.05, 3.63) is 35.6 Å². The van der Waals surface area contributed by atoms with Gasteiger partial charge in [-0.15, -0.1) is 0 Å². The van der Waals surface area contributed by atoms with Crippen LogP contribution in [0.3, 0.4) is 0 Å². The first-order valence-corrected chi connectivity index (χ1v) is 6.66. The smallest absolute Gasteiger partial charge is 0.123 e. The zero-order valence-electron chi connectivity index (χ0n) is 11.2. The van der Waals surface area contributed by atoms with Gasteiger partial charge in [-0.25, -0.2) is 4.39 Å². The Balaban J connectivity index is 2.70. The lowest BCUT2D eigenvalue weighted by Crippen LogP contribution is -2.24. The van der Waals surface area contributed by atoms with Gasteiger partial charge in [0.25, 0.3) is 0 Å². The van der Waals surface area contributed by atoms with Gasteiger partial charge in [-0.05, 0) is 43.0 Å². The second-order valence-corrected chi connectivity index (χ2v) is 4.81. The van der Waals surface area contributed by atoms with E-state index in [0.29, 0.717) is 12.0 Å². The molecule has 0 aliphatic heterocycles. The number of hydrogen-bond acceptors (Lipinski definition) is 1. The van der Waals surface area contributed by atoms with Gasteiger partial charge < -0.3 is 5.32 Å². The minimum atomic E-state index is -0.161. The van der Waals surface area contributed by atoms with Crippen LogP contribution in [-0.2, 0) is 0 Å². The molecule has 1 N–H and O–H groups in total. The van der Waals surface area contributed by atoms with Crippen LogP contribution in [0.5, 0.6) is 0 Å². The molecule has 0 bridgehead atoms. The van der Waals surface area contributed by atoms with E-state index in [1.165, 1.54) is 12.0 Å². The molecule has 2 unspecified atom stereocenters. The molecule has 0 saturated heterocycles. The molecule has 0 fully saturated rings. The third kappa shape index (κ3) is 4.86. The highest BCUT2D eigenvalue weighted by Crippen LogP contribution is 2.23. The third-order valence-corrected chi connectivity index (χ3v) is 3.25. The van der Waals surface area contributed by atoms with E-state index in [1.54, 1.807) is 12.1 Å². The quantitative estimate of drug-likeness (QED) is 0.745. The van der Waals surface area contributed by atoms with Crippen molar-refractivity contribution in [2.24, 2.45) is 5.92 Å². The van der Waals surface area contributed by atoms with E-state index in [0.717, 1.165) is 19.4 Å². The topological polar surface area (TPSA) is 12.0 Å². The van der Waals surface area contributed by atoms with E-state index in [9.17, 15) is 4.39 Å². The number of halogens is 1. The Morgan fingerprint density at radius 1 is 1.18 bits per heavy atom. The zero-order chi connectivity index (χ0) is 12.7. The van der Waals surface area contributed by atoms with Gasteiger partial charge >= 0.3 is 0 Å². The average molecular weight is 237 g/mol. The SMILES string of the molecule is CCCNC(CC(C)CC)c1ccc(F)cc1. The van der Waals surface area contributed by atoms with Crippen molar-refractivity contribution in [2.45, 2.75) is 46.1 Å². The van der Waals surface area contributed by atoms with Crippen molar-refractivity contribution in [3.8, 4) is 0 Å². The minimum absolute atomic E-state index is 0.161. The highest BCUT2D eigenvalue weighted by atomic mass is 19.1. The van der Waals surface area contributed by atoms with E-state index in [1.807, 2.05) is 12.1 Å². The number of hydrogen-bond donors (Lipinski definition) is 1. The fraction of sp³-hybridized carbons (Fsp3) is 0.600. The number of rotatable bonds is 7. The van der Waals surface area contributed by atoms with Gasteiger partial charge in [0.2, 0.25) is 0 Å². The lowest BCUT2D eigenvalue weighted by Gasteiger charge is -2.22. The normalized spacial score (nSPS) is 14.6. The zero-order valence-corrected chi connectivity index (χ0v) is 11.2. The van der Waals surface area contributed by atoms with E-state index < -0.39 is 0 Å². The largest absolute Gasteiger partial charge is 0.310 e. The Morgan fingerprint density at radius 2 is 1.82 bits per heavy atom. The molecule has 0 heterocycles. The van der Waals surface area contributed by atoms with E-state index >= 15 is 0 Å². The number of benzene rings is 1. The van der Waals surface area contributed by atoms with Crippen molar-refractivity contribution in [1.29, 1.82) is 0 Å². The van der Waals surface area contributed by atoms with E-state index in [2.05, 4.69) is 26.1 Å². The summed E-state index contributed by atoms with van der Waals surface area (Å²) in [6.07, 6.45) is 3.42. The summed E-state index contributed by atoms with van der Waals surface area (Å²) in [6, 6.07) is 7.24. The van der Waals surface area contributed by atoms with Crippen LogP contribution in [0.1, 0.15) is 51.6 Å². The van der Waals surface area contributed by atoms with Crippen LogP contribution < -0.4 is 5.32 Å². The summed E-state index contributed by atoms with van der Waals surface area (Å²) >= 11 is 0. The summed E-state index contributed by atoms with van der Waals surface area (Å²) in [4.78, 5) is 0. The molecular weight excluding hydrogens is 213 g/mol. The Bertz CT molecular complexity index is 307. The minimum Gasteiger partial charge on any atom is -0.310 e. The third-order valence-electron chi connectivity index (χ3n) is 3.25. The maximum absolute atomic E-state index is 12.9. The van der Waals surface area contributed by atoms with E-state index in [4.69, 9.17) is 0 Å². The first kappa shape index (κ1) is 14.2. The average Bonchev–Trinajstić information content (AvgIpc) is 2.35. The molecule has 1 aromatic rings. The standard InChI is InChI=1S/C15H24FN/c1-4-10-17-15(11-12(3)5-2)13-6-8-14(16)9-7-13/h6-9,12,15,17H,4-5,10-11H2,1-3H3. The van der Waals surface area contributed by atoms with Gasteiger partial charge in [0.1, 0.15) is 5.82 Å². The van der Waals surface area contributed by atoms with Crippen LogP contribution in [0.15, 0.2) is 24.3 Å². The highest BCUT2D eigenvalue weighted by Gasteiger charge is 2.13. The van der Waals surface area contributed by atoms with Crippen molar-refractivity contribution < 1.29 is 4.39 Å². The Hall–Kier alpha value is -0.890. The Morgan fingerprint density at radius 3 is 2.35 bits per heavy atom. The summed E-state index contributed by atoms with van der Waals surface area (Å²) in [5.74, 6) is 0.529. The molecular formula is C15H24FN. The van der Waals surface area contributed by atoms with Crippen LogP contribution in [0.25, 0.3) is 0 Å². The van der Waals surface area contributed by atoms with E-state index in [-0.39, 0.29) is 5.82 Å². The fourth-order valence-electron chi connectivity index (χ4n) is 1.92. The van der Waals surface area contributed by atoms with Gasteiger partial charge in [-0.2, -0.15) is 0 Å². The molecule has 2 heteroatoms. The summed E-state index contributed by atoms with van der Waals surface area (Å²) < 4.78 is 12.9. The molecule has 1 rings (SSSR count). The van der Waals surface area contributed by atoms with Crippen molar-refractivity contribution >= 4 is 0 Å². The Labute approximate surface area is 104 Å². The summed E-state index contributed by atoms with van der Waals surface area (Å²) in [7, 11) is 0. The summed E-state index contributed by atoms with van der Waals surface area (Å²) in [6.45, 7) is 7.66. The van der Waals surface area contributed by atoms with Crippen LogP contribution in [-0.4, -0.2) is 6.54 Å². The molecule has 96 valence electrons. The molecule has 0 spiro atoms. The van der Waals surface area contributed by atoms with Crippen LogP contribution >= 0.6 is 0 Å². The first-order chi connectivity index (χ1) is 8.17. The van der Waals surface area contributed by atoms with Gasteiger partial charge in [-0.3, -0.25) is 0 Å². The predicted octanol–water partition coefficient (Wildman–Crippen LogP) is 4.30. The highest BCUT2D eigenvalue weighted by molar-refractivity contribution is 5.20. The molecule has 0 radical (unpaired) electrons. The van der Waals surface area contributed by atoms with Crippen LogP contribution in [0, 0.1) is 11.7 Å². The maximum atomic E-state index is 12.9. The lowest BCUT2D eigenvalue weighted by molar-refractivity contribution is 0.402. The molecule has 1 aromatic carbocycles. The summed E-state index contributed by atoms with van der Waals surface area (Å²) in [5.41, 5.74) is 1.19. The molecule has 0 aromatic heterocycles. The maximum Gasteiger partial charge on any atom is 0.123 e. The molecule has 0 saturated carbocycles. The number of nitrogens with one attached hydrogen (secondary N) is 1. The van der Waals surface area contributed by atoms with Gasteiger partial charge in [-0.1, -0.05) is 39.3 Å². The second-order valence-electron chi connectivity index (χ2n) is 4.81. The van der Waals surface area contributed by atoms with Crippen LogP contribution in [0.4, 0.5) is 4.39 Å². The molecule has 0 aliphatic rings. The molecule has 2 atom stereocenters. The summed E-state index contributed by atoms with van der Waals surface area (Å²) in [5, 5.41) is 3.55. The molecule has 1 nitrogen and oxygen atoms in total. The second kappa shape index (κ2) is 7.44. The van der Waals surface area contributed by atoms with Gasteiger partial charge in [0, 0.05) is 6.04 Å². The van der Waals surface area contributed by atoms with Crippen molar-refractivity contribution in [2.75, 3.05) is 6.54 Å². The van der Waals surface area contributed by atoms with Crippen molar-refractivity contribution in [1.82, 2.24) is 5.32 Å². The van der Waals surface area contributed by atoms with Crippen LogP contribution in [0.2, 0.25) is 0 Å². The predicted molar refractivity (Wildman–Crippen MR) is 71.5 cm³/mol. The Kier molecular flexibility index (Phi) is 6.20. The van der Waals surface area contributed by atoms with Gasteiger partial charge in [0.05, 0.1) is 0 Å². The fourth-order valence-corrected chi connectivity index (χ4v) is 1.92. The molecule has 0 amide bonds. The first-order valence-electron chi connectivity index (χ1n) is 6.66.